The minimum atomic E-state index is 0.761. The molecule has 1 saturated carbocycles. The van der Waals surface area contributed by atoms with Crippen LogP contribution in [0.25, 0.3) is 0 Å². The zero-order valence-corrected chi connectivity index (χ0v) is 15.1. The van der Waals surface area contributed by atoms with E-state index in [0.717, 1.165) is 11.8 Å². The van der Waals surface area contributed by atoms with Crippen LogP contribution in [0.3, 0.4) is 0 Å². The predicted molar refractivity (Wildman–Crippen MR) is 97.2 cm³/mol. The van der Waals surface area contributed by atoms with E-state index in [1.807, 2.05) is 27.7 Å². The molecule has 0 aliphatic heterocycles. The lowest BCUT2D eigenvalue weighted by Crippen LogP contribution is -1.80. The molecule has 0 heterocycles. The zero-order chi connectivity index (χ0) is 15.7. The van der Waals surface area contributed by atoms with Crippen molar-refractivity contribution in [1.29, 1.82) is 0 Å². The Balaban J connectivity index is -0.000000375. The maximum absolute atomic E-state index is 3.82. The molecule has 2 atom stereocenters. The highest BCUT2D eigenvalue weighted by Gasteiger charge is 2.31. The van der Waals surface area contributed by atoms with Gasteiger partial charge in [0.1, 0.15) is 0 Å². The van der Waals surface area contributed by atoms with Gasteiger partial charge in [0, 0.05) is 0 Å². The summed E-state index contributed by atoms with van der Waals surface area (Å²) in [5.41, 5.74) is 1.50. The quantitative estimate of drug-likeness (QED) is 0.324. The molecular weight excluding hydrogens is 248 g/mol. The van der Waals surface area contributed by atoms with Gasteiger partial charge in [0.25, 0.3) is 0 Å². The van der Waals surface area contributed by atoms with Gasteiger partial charge in [-0.2, -0.15) is 12.6 Å². The van der Waals surface area contributed by atoms with Crippen LogP contribution < -0.4 is 0 Å². The number of thiol groups is 1. The van der Waals surface area contributed by atoms with E-state index in [0.29, 0.717) is 0 Å². The Hall–Kier alpha value is -0.430. The molecule has 1 aliphatic carbocycles. The van der Waals surface area contributed by atoms with Gasteiger partial charge in [-0.1, -0.05) is 70.9 Å². The van der Waals surface area contributed by atoms with Crippen molar-refractivity contribution >= 4 is 12.6 Å². The first-order valence-corrected chi connectivity index (χ1v) is 8.62. The molecule has 1 aliphatic rings. The van der Waals surface area contributed by atoms with E-state index in [1.165, 1.54) is 24.8 Å². The van der Waals surface area contributed by atoms with Gasteiger partial charge in [-0.3, -0.25) is 0 Å². The highest BCUT2D eigenvalue weighted by molar-refractivity contribution is 7.79. The standard InChI is InChI=1S/C13H20.2C2H6.CH4S/c1-4-7-11(8-5-2)9-13-10-12(13)6-3;3*1-2/h4,6-7,9,12-13H,3,5,8,10H2,1-2H3;2*1-2H3;2H,1H3/b7-4+,11-9-;;;. The van der Waals surface area contributed by atoms with Gasteiger partial charge in [0.05, 0.1) is 0 Å². The fraction of sp³-hybridized carbons (Fsp3) is 0.667. The van der Waals surface area contributed by atoms with Gasteiger partial charge in [-0.15, -0.1) is 6.58 Å². The molecule has 0 N–H and O–H groups in total. The number of allylic oxidation sites excluding steroid dienone is 5. The van der Waals surface area contributed by atoms with E-state index in [4.69, 9.17) is 0 Å². The summed E-state index contributed by atoms with van der Waals surface area (Å²) in [5.74, 6) is 1.55. The third-order valence-corrected chi connectivity index (χ3v) is 2.54. The summed E-state index contributed by atoms with van der Waals surface area (Å²) in [6.07, 6.45) is 14.3. The second-order valence-corrected chi connectivity index (χ2v) is 3.79. The molecule has 0 bridgehead atoms. The molecule has 2 unspecified atom stereocenters. The molecule has 0 aromatic rings. The third-order valence-electron chi connectivity index (χ3n) is 2.54. The van der Waals surface area contributed by atoms with Crippen LogP contribution >= 0.6 is 12.6 Å². The molecule has 0 radical (unpaired) electrons. The first-order valence-electron chi connectivity index (χ1n) is 7.72. The van der Waals surface area contributed by atoms with Crippen molar-refractivity contribution in [3.05, 3.63) is 36.5 Å². The summed E-state index contributed by atoms with van der Waals surface area (Å²) in [7, 11) is 0. The molecule has 114 valence electrons. The number of rotatable bonds is 5. The van der Waals surface area contributed by atoms with Gasteiger partial charge in [0.15, 0.2) is 0 Å². The molecule has 1 rings (SSSR count). The highest BCUT2D eigenvalue weighted by Crippen LogP contribution is 2.41. The summed E-state index contributed by atoms with van der Waals surface area (Å²) in [6.45, 7) is 16.1. The van der Waals surface area contributed by atoms with E-state index >= 15 is 0 Å². The number of hydrogen-bond acceptors (Lipinski definition) is 1. The van der Waals surface area contributed by atoms with Gasteiger partial charge < -0.3 is 0 Å². The molecule has 0 aromatic heterocycles. The maximum Gasteiger partial charge on any atom is -0.0159 e. The molecule has 0 spiro atoms. The fourth-order valence-corrected chi connectivity index (χ4v) is 1.70. The second kappa shape index (κ2) is 19.9. The van der Waals surface area contributed by atoms with Crippen molar-refractivity contribution in [2.45, 2.75) is 60.8 Å². The average Bonchev–Trinajstić information content (AvgIpc) is 3.24. The summed E-state index contributed by atoms with van der Waals surface area (Å²) < 4.78 is 0. The van der Waals surface area contributed by atoms with E-state index in [9.17, 15) is 0 Å². The van der Waals surface area contributed by atoms with E-state index in [2.05, 4.69) is 57.4 Å². The van der Waals surface area contributed by atoms with Gasteiger partial charge in [0.2, 0.25) is 0 Å². The minimum Gasteiger partial charge on any atom is -0.183 e. The highest BCUT2D eigenvalue weighted by atomic mass is 32.1. The minimum absolute atomic E-state index is 0.761. The average molecular weight is 285 g/mol. The van der Waals surface area contributed by atoms with Crippen molar-refractivity contribution in [2.75, 3.05) is 6.26 Å². The first-order chi connectivity index (χ1) is 9.31. The molecule has 0 amide bonds. The third kappa shape index (κ3) is 13.8. The van der Waals surface area contributed by atoms with Crippen molar-refractivity contribution in [1.82, 2.24) is 0 Å². The monoisotopic (exact) mass is 284 g/mol. The van der Waals surface area contributed by atoms with Crippen LogP contribution in [-0.2, 0) is 0 Å². The summed E-state index contributed by atoms with van der Waals surface area (Å²) >= 11 is 3.53. The lowest BCUT2D eigenvalue weighted by molar-refractivity contribution is 0.899. The molecule has 0 aromatic carbocycles. The van der Waals surface area contributed by atoms with Gasteiger partial charge >= 0.3 is 0 Å². The topological polar surface area (TPSA) is 0 Å². The summed E-state index contributed by atoms with van der Waals surface area (Å²) in [6, 6.07) is 0. The van der Waals surface area contributed by atoms with Gasteiger partial charge in [-0.25, -0.2) is 0 Å². The first kappa shape index (κ1) is 23.6. The van der Waals surface area contributed by atoms with Crippen LogP contribution in [0.2, 0.25) is 0 Å². The van der Waals surface area contributed by atoms with Crippen molar-refractivity contribution in [3.63, 3.8) is 0 Å². The lowest BCUT2D eigenvalue weighted by Gasteiger charge is -1.98. The normalized spacial score (nSPS) is 20.1. The Kier molecular flexibility index (Phi) is 24.8. The van der Waals surface area contributed by atoms with Crippen LogP contribution in [0, 0.1) is 11.8 Å². The Morgan fingerprint density at radius 1 is 1.16 bits per heavy atom. The second-order valence-electron chi connectivity index (χ2n) is 3.79. The predicted octanol–water partition coefficient (Wildman–Crippen LogP) is 6.71. The van der Waals surface area contributed by atoms with Crippen LogP contribution in [0.15, 0.2) is 36.5 Å². The summed E-state index contributed by atoms with van der Waals surface area (Å²) in [4.78, 5) is 0. The number of hydrogen-bond donors (Lipinski definition) is 1. The maximum atomic E-state index is 3.82. The molecule has 0 saturated heterocycles. The molecule has 1 fully saturated rings. The Morgan fingerprint density at radius 2 is 1.68 bits per heavy atom. The van der Waals surface area contributed by atoms with Crippen LogP contribution in [-0.4, -0.2) is 6.26 Å². The zero-order valence-electron chi connectivity index (χ0n) is 14.2. The molecular formula is C18H36S. The Bertz CT molecular complexity index is 226. The molecule has 1 heteroatoms. The van der Waals surface area contributed by atoms with E-state index < -0.39 is 0 Å². The molecule has 19 heavy (non-hydrogen) atoms. The van der Waals surface area contributed by atoms with Crippen molar-refractivity contribution < 1.29 is 0 Å². The summed E-state index contributed by atoms with van der Waals surface area (Å²) in [5, 5.41) is 0. The Labute approximate surface area is 128 Å². The molecule has 0 nitrogen and oxygen atoms in total. The van der Waals surface area contributed by atoms with Crippen LogP contribution in [0.1, 0.15) is 60.8 Å². The van der Waals surface area contributed by atoms with Crippen molar-refractivity contribution in [2.24, 2.45) is 11.8 Å². The Morgan fingerprint density at radius 3 is 2.00 bits per heavy atom. The SMILES string of the molecule is C=CC1CC1/C=C(/C=C/C)CCC.CC.CC.CS. The van der Waals surface area contributed by atoms with Gasteiger partial charge in [-0.05, 0) is 37.9 Å². The van der Waals surface area contributed by atoms with E-state index in [1.54, 1.807) is 6.26 Å². The fourth-order valence-electron chi connectivity index (χ4n) is 1.70. The largest absolute Gasteiger partial charge is 0.183 e. The van der Waals surface area contributed by atoms with Crippen molar-refractivity contribution in [3.8, 4) is 0 Å². The lowest BCUT2D eigenvalue weighted by atomic mass is 10.1. The van der Waals surface area contributed by atoms with E-state index in [-0.39, 0.29) is 0 Å². The smallest absolute Gasteiger partial charge is 0.0159 e. The van der Waals surface area contributed by atoms with Crippen LogP contribution in [0.4, 0.5) is 0 Å². The van der Waals surface area contributed by atoms with Crippen LogP contribution in [0.5, 0.6) is 0 Å².